The van der Waals surface area contributed by atoms with Gasteiger partial charge in [-0.3, -0.25) is 9.59 Å². The molecule has 154 valence electrons. The van der Waals surface area contributed by atoms with Crippen molar-refractivity contribution in [3.63, 3.8) is 0 Å². The van der Waals surface area contributed by atoms with Crippen LogP contribution in [0.2, 0.25) is 0 Å². The van der Waals surface area contributed by atoms with E-state index < -0.39 is 6.04 Å². The Morgan fingerprint density at radius 1 is 0.767 bits per heavy atom. The minimum absolute atomic E-state index is 0.00943. The fourth-order valence-corrected chi connectivity index (χ4v) is 4.21. The Kier molecular flexibility index (Phi) is 7.86. The molecule has 0 saturated heterocycles. The lowest BCUT2D eigenvalue weighted by Crippen LogP contribution is -2.38. The molecule has 2 atom stereocenters. The predicted molar refractivity (Wildman–Crippen MR) is 125 cm³/mol. The number of carbonyl (C=O) groups is 2. The van der Waals surface area contributed by atoms with Gasteiger partial charge >= 0.3 is 0 Å². The highest BCUT2D eigenvalue weighted by molar-refractivity contribution is 8.14. The molecule has 1 amide bonds. The summed E-state index contributed by atoms with van der Waals surface area (Å²) in [6, 6.07) is 27.8. The van der Waals surface area contributed by atoms with Gasteiger partial charge in [-0.15, -0.1) is 0 Å². The van der Waals surface area contributed by atoms with E-state index >= 15 is 0 Å². The Morgan fingerprint density at radius 3 is 1.97 bits per heavy atom. The summed E-state index contributed by atoms with van der Waals surface area (Å²) in [5.41, 5.74) is 4.52. The van der Waals surface area contributed by atoms with Crippen LogP contribution in [0.1, 0.15) is 25.0 Å². The minimum atomic E-state index is -0.505. The average molecular weight is 418 g/mol. The quantitative estimate of drug-likeness (QED) is 0.542. The number of thioether (sulfide) groups is 1. The van der Waals surface area contributed by atoms with E-state index in [0.717, 1.165) is 12.0 Å². The first-order valence-electron chi connectivity index (χ1n) is 10.2. The molecule has 0 spiro atoms. The van der Waals surface area contributed by atoms with Crippen LogP contribution in [0.15, 0.2) is 84.9 Å². The molecule has 0 saturated carbocycles. The minimum Gasteiger partial charge on any atom is -0.345 e. The van der Waals surface area contributed by atoms with Crippen molar-refractivity contribution >= 4 is 22.8 Å². The molecule has 30 heavy (non-hydrogen) atoms. The summed E-state index contributed by atoms with van der Waals surface area (Å²) in [5.74, 6) is -0.133. The third-order valence-corrected chi connectivity index (χ3v) is 6.00. The van der Waals surface area contributed by atoms with E-state index in [1.54, 1.807) is 6.92 Å². The molecule has 0 aromatic heterocycles. The molecule has 3 nitrogen and oxygen atoms in total. The van der Waals surface area contributed by atoms with Gasteiger partial charge in [-0.25, -0.2) is 0 Å². The van der Waals surface area contributed by atoms with Crippen LogP contribution in [-0.4, -0.2) is 22.3 Å². The first kappa shape index (κ1) is 21.8. The molecule has 0 fully saturated rings. The summed E-state index contributed by atoms with van der Waals surface area (Å²) in [6.45, 7) is 3.80. The zero-order chi connectivity index (χ0) is 21.3. The van der Waals surface area contributed by atoms with Gasteiger partial charge in [0.05, 0.1) is 12.5 Å². The molecule has 0 aliphatic heterocycles. The second-order valence-corrected chi connectivity index (χ2v) is 8.91. The van der Waals surface area contributed by atoms with E-state index in [-0.39, 0.29) is 22.7 Å². The lowest BCUT2D eigenvalue weighted by Gasteiger charge is -2.16. The van der Waals surface area contributed by atoms with Crippen molar-refractivity contribution in [3.05, 3.63) is 96.1 Å². The van der Waals surface area contributed by atoms with E-state index in [1.807, 2.05) is 55.5 Å². The van der Waals surface area contributed by atoms with E-state index in [9.17, 15) is 9.59 Å². The zero-order valence-corrected chi connectivity index (χ0v) is 18.2. The average Bonchev–Trinajstić information content (AvgIpc) is 2.75. The Bertz CT molecular complexity index is 955. The molecule has 0 aliphatic rings. The van der Waals surface area contributed by atoms with Crippen molar-refractivity contribution < 1.29 is 9.59 Å². The largest absolute Gasteiger partial charge is 0.345 e. The highest BCUT2D eigenvalue weighted by atomic mass is 32.2. The third-order valence-electron chi connectivity index (χ3n) is 4.84. The van der Waals surface area contributed by atoms with Crippen molar-refractivity contribution in [1.29, 1.82) is 0 Å². The molecule has 1 N–H and O–H groups in total. The standard InChI is InChI=1S/C26H27NO2S/c1-19(17-22-13-15-24(16-14-22)23-11-7-4-8-12-23)30-26(29)20(2)27-25(28)18-21-9-5-3-6-10-21/h3-16,19-20H,17-18H2,1-2H3,(H,27,28)/t19-,20+/m0/s1. The van der Waals surface area contributed by atoms with Crippen LogP contribution in [0.3, 0.4) is 0 Å². The molecule has 0 radical (unpaired) electrons. The Labute approximate surface area is 182 Å². The van der Waals surface area contributed by atoms with Crippen LogP contribution in [0, 0.1) is 0 Å². The van der Waals surface area contributed by atoms with E-state index in [1.165, 1.54) is 28.5 Å². The van der Waals surface area contributed by atoms with Gasteiger partial charge in [0.25, 0.3) is 0 Å². The lowest BCUT2D eigenvalue weighted by atomic mass is 10.0. The van der Waals surface area contributed by atoms with E-state index in [2.05, 4.69) is 41.7 Å². The van der Waals surface area contributed by atoms with Gasteiger partial charge in [0.1, 0.15) is 0 Å². The van der Waals surface area contributed by atoms with Crippen LogP contribution >= 0.6 is 11.8 Å². The molecule has 0 aliphatic carbocycles. The molecule has 0 heterocycles. The maximum absolute atomic E-state index is 12.5. The number of amides is 1. The second kappa shape index (κ2) is 10.8. The molecule has 3 rings (SSSR count). The smallest absolute Gasteiger partial charge is 0.225 e. The molecule has 3 aromatic rings. The maximum atomic E-state index is 12.5. The number of rotatable bonds is 8. The monoisotopic (exact) mass is 417 g/mol. The van der Waals surface area contributed by atoms with Gasteiger partial charge in [0.2, 0.25) is 11.0 Å². The van der Waals surface area contributed by atoms with Crippen molar-refractivity contribution in [2.24, 2.45) is 0 Å². The van der Waals surface area contributed by atoms with E-state index in [0.29, 0.717) is 0 Å². The fraction of sp³-hybridized carbons (Fsp3) is 0.231. The summed E-state index contributed by atoms with van der Waals surface area (Å²) in [4.78, 5) is 24.7. The molecule has 0 unspecified atom stereocenters. The maximum Gasteiger partial charge on any atom is 0.225 e. The van der Waals surface area contributed by atoms with Crippen LogP contribution in [0.5, 0.6) is 0 Å². The summed E-state index contributed by atoms with van der Waals surface area (Å²) < 4.78 is 0. The van der Waals surface area contributed by atoms with Crippen molar-refractivity contribution in [2.75, 3.05) is 0 Å². The number of carbonyl (C=O) groups excluding carboxylic acids is 2. The summed E-state index contributed by atoms with van der Waals surface area (Å²) in [7, 11) is 0. The molecular weight excluding hydrogens is 390 g/mol. The fourth-order valence-electron chi connectivity index (χ4n) is 3.27. The molecule has 0 bridgehead atoms. The van der Waals surface area contributed by atoms with Crippen LogP contribution < -0.4 is 5.32 Å². The van der Waals surface area contributed by atoms with Gasteiger partial charge in [-0.05, 0) is 35.6 Å². The second-order valence-electron chi connectivity index (χ2n) is 7.47. The first-order valence-corrected chi connectivity index (χ1v) is 11.1. The first-order chi connectivity index (χ1) is 14.5. The topological polar surface area (TPSA) is 46.2 Å². The molecular formula is C26H27NO2S. The van der Waals surface area contributed by atoms with Gasteiger partial charge in [-0.2, -0.15) is 0 Å². The molecule has 3 aromatic carbocycles. The number of hydrogen-bond donors (Lipinski definition) is 1. The van der Waals surface area contributed by atoms with Gasteiger partial charge < -0.3 is 5.32 Å². The van der Waals surface area contributed by atoms with Gasteiger partial charge in [0, 0.05) is 5.25 Å². The normalized spacial score (nSPS) is 12.7. The SMILES string of the molecule is C[C@@H](Cc1ccc(-c2ccccc2)cc1)SC(=O)[C@@H](C)NC(=O)Cc1ccccc1. The van der Waals surface area contributed by atoms with Gasteiger partial charge in [-0.1, -0.05) is 104 Å². The zero-order valence-electron chi connectivity index (χ0n) is 17.4. The van der Waals surface area contributed by atoms with Gasteiger partial charge in [0.15, 0.2) is 0 Å². The number of hydrogen-bond acceptors (Lipinski definition) is 3. The third kappa shape index (κ3) is 6.60. The van der Waals surface area contributed by atoms with Crippen LogP contribution in [0.4, 0.5) is 0 Å². The van der Waals surface area contributed by atoms with Crippen molar-refractivity contribution in [2.45, 2.75) is 38.0 Å². The lowest BCUT2D eigenvalue weighted by molar-refractivity contribution is -0.123. The molecule has 4 heteroatoms. The van der Waals surface area contributed by atoms with Crippen molar-refractivity contribution in [1.82, 2.24) is 5.32 Å². The van der Waals surface area contributed by atoms with Crippen molar-refractivity contribution in [3.8, 4) is 11.1 Å². The highest BCUT2D eigenvalue weighted by Gasteiger charge is 2.19. The highest BCUT2D eigenvalue weighted by Crippen LogP contribution is 2.22. The Balaban J connectivity index is 1.47. The number of benzene rings is 3. The summed E-state index contributed by atoms with van der Waals surface area (Å²) in [5, 5.41) is 2.94. The Hall–Kier alpha value is -2.85. The Morgan fingerprint density at radius 2 is 1.33 bits per heavy atom. The predicted octanol–water partition coefficient (Wildman–Crippen LogP) is 5.29. The summed E-state index contributed by atoms with van der Waals surface area (Å²) in [6.07, 6.45) is 1.09. The summed E-state index contributed by atoms with van der Waals surface area (Å²) >= 11 is 1.30. The van der Waals surface area contributed by atoms with Crippen LogP contribution in [-0.2, 0) is 22.4 Å². The van der Waals surface area contributed by atoms with E-state index in [4.69, 9.17) is 0 Å². The number of nitrogens with one attached hydrogen (secondary N) is 1. The van der Waals surface area contributed by atoms with Crippen LogP contribution in [0.25, 0.3) is 11.1 Å².